The van der Waals surface area contributed by atoms with E-state index in [-0.39, 0.29) is 12.0 Å². The Morgan fingerprint density at radius 2 is 2.35 bits per heavy atom. The van der Waals surface area contributed by atoms with Crippen LogP contribution in [0.2, 0.25) is 0 Å². The molecular formula is C14H17N3O2S. The van der Waals surface area contributed by atoms with E-state index in [9.17, 15) is 9.90 Å². The molecule has 5 nitrogen and oxygen atoms in total. The number of aliphatic hydroxyl groups is 1. The molecule has 0 radical (unpaired) electrons. The van der Waals surface area contributed by atoms with E-state index in [1.165, 1.54) is 0 Å². The molecule has 0 spiro atoms. The average molecular weight is 291 g/mol. The van der Waals surface area contributed by atoms with Crippen LogP contribution in [0.5, 0.6) is 0 Å². The second-order valence-corrected chi connectivity index (χ2v) is 6.23. The molecule has 1 aliphatic rings. The molecule has 1 saturated heterocycles. The first-order valence-corrected chi connectivity index (χ1v) is 7.49. The van der Waals surface area contributed by atoms with Gasteiger partial charge in [0.25, 0.3) is 5.91 Å². The number of likely N-dealkylation sites (tertiary alicyclic amines) is 1. The minimum Gasteiger partial charge on any atom is -0.391 e. The van der Waals surface area contributed by atoms with Crippen molar-refractivity contribution < 1.29 is 9.90 Å². The summed E-state index contributed by atoms with van der Waals surface area (Å²) >= 11 is 1.60. The number of aryl methyl sites for hydroxylation is 2. The van der Waals surface area contributed by atoms with Crippen molar-refractivity contribution in [1.82, 2.24) is 14.5 Å². The van der Waals surface area contributed by atoms with Gasteiger partial charge in [-0.2, -0.15) is 0 Å². The fourth-order valence-electron chi connectivity index (χ4n) is 2.50. The zero-order valence-corrected chi connectivity index (χ0v) is 12.4. The highest BCUT2D eigenvalue weighted by Crippen LogP contribution is 2.24. The third-order valence-corrected chi connectivity index (χ3v) is 4.36. The number of rotatable bonds is 2. The minimum absolute atomic E-state index is 0.0257. The van der Waals surface area contributed by atoms with Crippen LogP contribution in [0.15, 0.2) is 17.6 Å². The molecule has 1 amide bonds. The first-order chi connectivity index (χ1) is 9.54. The van der Waals surface area contributed by atoms with Gasteiger partial charge in [-0.1, -0.05) is 0 Å². The molecule has 0 unspecified atom stereocenters. The van der Waals surface area contributed by atoms with Crippen LogP contribution in [0, 0.1) is 6.92 Å². The van der Waals surface area contributed by atoms with Gasteiger partial charge in [-0.3, -0.25) is 4.79 Å². The molecule has 2 aromatic rings. The van der Waals surface area contributed by atoms with Crippen LogP contribution >= 0.6 is 11.3 Å². The molecule has 1 atom stereocenters. The summed E-state index contributed by atoms with van der Waals surface area (Å²) in [6.45, 7) is 3.01. The number of carbonyl (C=O) groups excluding carboxylic acids is 1. The largest absolute Gasteiger partial charge is 0.391 e. The Morgan fingerprint density at radius 3 is 2.95 bits per heavy atom. The molecule has 0 aliphatic carbocycles. The Bertz CT molecular complexity index is 647. The predicted molar refractivity (Wildman–Crippen MR) is 77.8 cm³/mol. The molecule has 3 heterocycles. The molecule has 1 N–H and O–H groups in total. The molecule has 1 aliphatic heterocycles. The van der Waals surface area contributed by atoms with Crippen LogP contribution in [-0.4, -0.2) is 44.7 Å². The number of thiazole rings is 1. The van der Waals surface area contributed by atoms with Crippen LogP contribution in [0.25, 0.3) is 11.3 Å². The number of hydrogen-bond acceptors (Lipinski definition) is 4. The van der Waals surface area contributed by atoms with E-state index in [2.05, 4.69) is 4.98 Å². The molecule has 0 aromatic carbocycles. The highest BCUT2D eigenvalue weighted by Gasteiger charge is 2.27. The van der Waals surface area contributed by atoms with Gasteiger partial charge in [0.15, 0.2) is 0 Å². The molecule has 6 heteroatoms. The van der Waals surface area contributed by atoms with Gasteiger partial charge < -0.3 is 14.6 Å². The van der Waals surface area contributed by atoms with E-state index in [4.69, 9.17) is 0 Å². The fourth-order valence-corrected chi connectivity index (χ4v) is 3.12. The van der Waals surface area contributed by atoms with Gasteiger partial charge in [0, 0.05) is 37.3 Å². The van der Waals surface area contributed by atoms with E-state index in [0.29, 0.717) is 25.2 Å². The number of amides is 1. The lowest BCUT2D eigenvalue weighted by Crippen LogP contribution is -2.30. The van der Waals surface area contributed by atoms with Crippen molar-refractivity contribution in [3.05, 3.63) is 28.3 Å². The Kier molecular flexibility index (Phi) is 3.35. The molecule has 2 aromatic heterocycles. The number of nitrogens with zero attached hydrogens (tertiary/aromatic N) is 3. The van der Waals surface area contributed by atoms with E-state index < -0.39 is 0 Å². The second kappa shape index (κ2) is 5.03. The molecule has 3 rings (SSSR count). The summed E-state index contributed by atoms with van der Waals surface area (Å²) < 4.78 is 1.83. The monoisotopic (exact) mass is 291 g/mol. The second-order valence-electron chi connectivity index (χ2n) is 5.17. The Labute approximate surface area is 121 Å². The van der Waals surface area contributed by atoms with Crippen LogP contribution in [0.1, 0.15) is 21.9 Å². The van der Waals surface area contributed by atoms with E-state index >= 15 is 0 Å². The molecular weight excluding hydrogens is 274 g/mol. The van der Waals surface area contributed by atoms with Crippen molar-refractivity contribution in [3.8, 4) is 11.3 Å². The van der Waals surface area contributed by atoms with Gasteiger partial charge in [-0.25, -0.2) is 4.98 Å². The molecule has 20 heavy (non-hydrogen) atoms. The van der Waals surface area contributed by atoms with Gasteiger partial charge in [0.1, 0.15) is 5.69 Å². The van der Waals surface area contributed by atoms with Crippen molar-refractivity contribution in [2.45, 2.75) is 19.4 Å². The first kappa shape index (κ1) is 13.3. The van der Waals surface area contributed by atoms with Crippen molar-refractivity contribution in [2.24, 2.45) is 7.05 Å². The van der Waals surface area contributed by atoms with Crippen molar-refractivity contribution >= 4 is 17.2 Å². The summed E-state index contributed by atoms with van der Waals surface area (Å²) in [5.74, 6) is -0.0257. The van der Waals surface area contributed by atoms with Gasteiger partial charge >= 0.3 is 0 Å². The first-order valence-electron chi connectivity index (χ1n) is 6.61. The fraction of sp³-hybridized carbons (Fsp3) is 0.429. The summed E-state index contributed by atoms with van der Waals surface area (Å²) in [7, 11) is 1.86. The summed E-state index contributed by atoms with van der Waals surface area (Å²) in [4.78, 5) is 18.6. The van der Waals surface area contributed by atoms with Gasteiger partial charge in [0.05, 0.1) is 16.8 Å². The maximum atomic E-state index is 12.4. The lowest BCUT2D eigenvalue weighted by Gasteiger charge is -2.15. The average Bonchev–Trinajstić information content (AvgIpc) is 3.09. The Hall–Kier alpha value is -1.66. The summed E-state index contributed by atoms with van der Waals surface area (Å²) in [5.41, 5.74) is 2.50. The van der Waals surface area contributed by atoms with Crippen molar-refractivity contribution in [1.29, 1.82) is 0 Å². The van der Waals surface area contributed by atoms with Crippen molar-refractivity contribution in [3.63, 3.8) is 0 Å². The zero-order valence-electron chi connectivity index (χ0n) is 11.5. The lowest BCUT2D eigenvalue weighted by molar-refractivity contribution is 0.0755. The van der Waals surface area contributed by atoms with Crippen LogP contribution in [-0.2, 0) is 7.05 Å². The third-order valence-electron chi connectivity index (χ3n) is 3.59. The third kappa shape index (κ3) is 2.36. The number of β-amino-alcohol motifs (C(OH)–C–C–N with tert-alkyl or cyclic N) is 1. The van der Waals surface area contributed by atoms with E-state index in [1.807, 2.05) is 36.2 Å². The zero-order chi connectivity index (χ0) is 14.3. The topological polar surface area (TPSA) is 58.4 Å². The highest BCUT2D eigenvalue weighted by atomic mass is 32.1. The van der Waals surface area contributed by atoms with E-state index in [0.717, 1.165) is 16.3 Å². The maximum Gasteiger partial charge on any atom is 0.270 e. The number of aliphatic hydroxyl groups excluding tert-OH is 1. The maximum absolute atomic E-state index is 12.4. The number of carbonyl (C=O) groups is 1. The molecule has 0 saturated carbocycles. The lowest BCUT2D eigenvalue weighted by atomic mass is 10.2. The van der Waals surface area contributed by atoms with E-state index in [1.54, 1.807) is 16.2 Å². The molecule has 1 fully saturated rings. The Balaban J connectivity index is 1.87. The standard InChI is InChI=1S/C14H17N3O2S/c1-9-15-12(8-20-9)10-5-13(16(2)6-10)14(19)17-4-3-11(18)7-17/h5-6,8,11,18H,3-4,7H2,1-2H3/t11-/m0/s1. The van der Waals surface area contributed by atoms with Gasteiger partial charge in [-0.05, 0) is 19.4 Å². The summed E-state index contributed by atoms with van der Waals surface area (Å²) in [6, 6.07) is 1.88. The van der Waals surface area contributed by atoms with Crippen LogP contribution in [0.4, 0.5) is 0 Å². The predicted octanol–water partition coefficient (Wildman–Crippen LogP) is 1.66. The Morgan fingerprint density at radius 1 is 1.55 bits per heavy atom. The normalized spacial score (nSPS) is 18.8. The number of aromatic nitrogens is 2. The van der Waals surface area contributed by atoms with Crippen LogP contribution < -0.4 is 0 Å². The quantitative estimate of drug-likeness (QED) is 0.915. The number of hydrogen-bond donors (Lipinski definition) is 1. The minimum atomic E-state index is -0.389. The van der Waals surface area contributed by atoms with Crippen molar-refractivity contribution in [2.75, 3.05) is 13.1 Å². The molecule has 106 valence electrons. The smallest absolute Gasteiger partial charge is 0.270 e. The van der Waals surface area contributed by atoms with Gasteiger partial charge in [-0.15, -0.1) is 11.3 Å². The highest BCUT2D eigenvalue weighted by molar-refractivity contribution is 7.09. The SMILES string of the molecule is Cc1nc(-c2cc(C(=O)N3CC[C@H](O)C3)n(C)c2)cs1. The van der Waals surface area contributed by atoms with Crippen LogP contribution in [0.3, 0.4) is 0 Å². The summed E-state index contributed by atoms with van der Waals surface area (Å²) in [5, 5.41) is 12.6. The molecule has 0 bridgehead atoms. The van der Waals surface area contributed by atoms with Gasteiger partial charge in [0.2, 0.25) is 0 Å². The summed E-state index contributed by atoms with van der Waals surface area (Å²) in [6.07, 6.45) is 2.20.